The van der Waals surface area contributed by atoms with E-state index in [4.69, 9.17) is 5.26 Å². The van der Waals surface area contributed by atoms with Gasteiger partial charge >= 0.3 is 0 Å². The van der Waals surface area contributed by atoms with E-state index in [1.54, 1.807) is 19.1 Å². The van der Waals surface area contributed by atoms with Crippen LogP contribution < -0.4 is 10.6 Å². The standard InChI is InChI=1S/C14H18BrN3O/c1-9(2)8-17-14(19)10(3)18-13-5-11(7-16)4-12(15)6-13/h4-6,9-10,18H,8H2,1-3H3,(H,17,19). The summed E-state index contributed by atoms with van der Waals surface area (Å²) in [5, 5.41) is 14.9. The molecule has 102 valence electrons. The van der Waals surface area contributed by atoms with E-state index in [9.17, 15) is 4.79 Å². The van der Waals surface area contributed by atoms with Gasteiger partial charge in [0.1, 0.15) is 6.04 Å². The highest BCUT2D eigenvalue weighted by atomic mass is 79.9. The molecule has 4 nitrogen and oxygen atoms in total. The molecule has 0 aliphatic rings. The molecule has 0 aliphatic heterocycles. The molecule has 0 saturated heterocycles. The number of carbonyl (C=O) groups is 1. The van der Waals surface area contributed by atoms with Gasteiger partial charge in [0.2, 0.25) is 5.91 Å². The van der Waals surface area contributed by atoms with Crippen molar-refractivity contribution in [1.29, 1.82) is 5.26 Å². The Morgan fingerprint density at radius 1 is 1.37 bits per heavy atom. The van der Waals surface area contributed by atoms with Crippen LogP contribution >= 0.6 is 15.9 Å². The maximum absolute atomic E-state index is 11.8. The number of nitriles is 1. The highest BCUT2D eigenvalue weighted by molar-refractivity contribution is 9.10. The molecule has 1 atom stereocenters. The summed E-state index contributed by atoms with van der Waals surface area (Å²) in [4.78, 5) is 11.8. The van der Waals surface area contributed by atoms with Gasteiger partial charge in [0.25, 0.3) is 0 Å². The zero-order valence-corrected chi connectivity index (χ0v) is 12.9. The Kier molecular flexibility index (Phi) is 5.84. The lowest BCUT2D eigenvalue weighted by Crippen LogP contribution is -2.39. The van der Waals surface area contributed by atoms with E-state index in [1.807, 2.05) is 19.9 Å². The maximum atomic E-state index is 11.8. The van der Waals surface area contributed by atoms with Crippen molar-refractivity contribution in [3.05, 3.63) is 28.2 Å². The smallest absolute Gasteiger partial charge is 0.242 e. The van der Waals surface area contributed by atoms with Crippen LogP contribution in [0, 0.1) is 17.2 Å². The fourth-order valence-electron chi connectivity index (χ4n) is 1.51. The highest BCUT2D eigenvalue weighted by Crippen LogP contribution is 2.19. The van der Waals surface area contributed by atoms with Crippen LogP contribution in [0.3, 0.4) is 0 Å². The van der Waals surface area contributed by atoms with Crippen molar-refractivity contribution < 1.29 is 4.79 Å². The summed E-state index contributed by atoms with van der Waals surface area (Å²) >= 11 is 3.34. The van der Waals surface area contributed by atoms with Gasteiger partial charge in [-0.2, -0.15) is 5.26 Å². The minimum absolute atomic E-state index is 0.0489. The fraction of sp³-hybridized carbons (Fsp3) is 0.429. The second-order valence-corrected chi connectivity index (χ2v) is 5.76. The van der Waals surface area contributed by atoms with Crippen molar-refractivity contribution in [1.82, 2.24) is 5.32 Å². The van der Waals surface area contributed by atoms with Crippen LogP contribution in [0.15, 0.2) is 22.7 Å². The normalized spacial score (nSPS) is 11.8. The first-order valence-corrected chi connectivity index (χ1v) is 6.96. The molecule has 0 aliphatic carbocycles. The van der Waals surface area contributed by atoms with Crippen molar-refractivity contribution in [2.24, 2.45) is 5.92 Å². The minimum atomic E-state index is -0.348. The van der Waals surface area contributed by atoms with Crippen molar-refractivity contribution in [2.75, 3.05) is 11.9 Å². The molecule has 0 heterocycles. The first kappa shape index (κ1) is 15.5. The van der Waals surface area contributed by atoms with E-state index < -0.39 is 0 Å². The quantitative estimate of drug-likeness (QED) is 0.875. The molecular formula is C14H18BrN3O. The number of hydrogen-bond acceptors (Lipinski definition) is 3. The van der Waals surface area contributed by atoms with Gasteiger partial charge in [-0.3, -0.25) is 4.79 Å². The molecule has 5 heteroatoms. The minimum Gasteiger partial charge on any atom is -0.374 e. The molecule has 19 heavy (non-hydrogen) atoms. The monoisotopic (exact) mass is 323 g/mol. The van der Waals surface area contributed by atoms with Crippen molar-refractivity contribution in [3.8, 4) is 6.07 Å². The van der Waals surface area contributed by atoms with Crippen molar-refractivity contribution in [3.63, 3.8) is 0 Å². The lowest BCUT2D eigenvalue weighted by atomic mass is 10.2. The van der Waals surface area contributed by atoms with E-state index in [0.29, 0.717) is 18.0 Å². The van der Waals surface area contributed by atoms with Crippen molar-refractivity contribution in [2.45, 2.75) is 26.8 Å². The molecule has 1 aromatic rings. The molecule has 1 rings (SSSR count). The van der Waals surface area contributed by atoms with Crippen LogP contribution in [-0.2, 0) is 4.79 Å². The van der Waals surface area contributed by atoms with E-state index >= 15 is 0 Å². The largest absolute Gasteiger partial charge is 0.374 e. The number of nitrogens with zero attached hydrogens (tertiary/aromatic N) is 1. The average Bonchev–Trinajstić information content (AvgIpc) is 2.34. The molecule has 0 saturated carbocycles. The summed E-state index contributed by atoms with van der Waals surface area (Å²) in [7, 11) is 0. The van der Waals surface area contributed by atoms with E-state index in [0.717, 1.165) is 10.2 Å². The third-order valence-electron chi connectivity index (χ3n) is 2.49. The average molecular weight is 324 g/mol. The van der Waals surface area contributed by atoms with Crippen LogP contribution in [0.4, 0.5) is 5.69 Å². The van der Waals surface area contributed by atoms with Gasteiger partial charge in [-0.05, 0) is 31.0 Å². The molecule has 1 unspecified atom stereocenters. The predicted octanol–water partition coefficient (Wildman–Crippen LogP) is 2.89. The van der Waals surface area contributed by atoms with E-state index in [-0.39, 0.29) is 11.9 Å². The summed E-state index contributed by atoms with van der Waals surface area (Å²) in [6.45, 7) is 6.55. The second-order valence-electron chi connectivity index (χ2n) is 4.85. The Bertz CT molecular complexity index is 494. The van der Waals surface area contributed by atoms with Gasteiger partial charge in [0.15, 0.2) is 0 Å². The van der Waals surface area contributed by atoms with Crippen LogP contribution in [0.2, 0.25) is 0 Å². The van der Waals surface area contributed by atoms with Gasteiger partial charge in [0, 0.05) is 16.7 Å². The summed E-state index contributed by atoms with van der Waals surface area (Å²) < 4.78 is 0.809. The first-order valence-electron chi connectivity index (χ1n) is 6.17. The Balaban J connectivity index is 2.66. The SMILES string of the molecule is CC(C)CNC(=O)C(C)Nc1cc(Br)cc(C#N)c1. The van der Waals surface area contributed by atoms with Crippen LogP contribution in [0.1, 0.15) is 26.3 Å². The van der Waals surface area contributed by atoms with E-state index in [1.165, 1.54) is 0 Å². The summed E-state index contributed by atoms with van der Waals surface area (Å²) in [6, 6.07) is 7.02. The molecule has 0 bridgehead atoms. The number of nitrogens with one attached hydrogen (secondary N) is 2. The summed E-state index contributed by atoms with van der Waals surface area (Å²) in [6.07, 6.45) is 0. The third-order valence-corrected chi connectivity index (χ3v) is 2.95. The predicted molar refractivity (Wildman–Crippen MR) is 79.8 cm³/mol. The van der Waals surface area contributed by atoms with Gasteiger partial charge in [-0.15, -0.1) is 0 Å². The molecule has 0 fully saturated rings. The molecule has 0 aromatic heterocycles. The topological polar surface area (TPSA) is 64.9 Å². The van der Waals surface area contributed by atoms with Crippen LogP contribution in [-0.4, -0.2) is 18.5 Å². The summed E-state index contributed by atoms with van der Waals surface area (Å²) in [5.41, 5.74) is 1.30. The third kappa shape index (κ3) is 5.31. The number of rotatable bonds is 5. The number of hydrogen-bond donors (Lipinski definition) is 2. The lowest BCUT2D eigenvalue weighted by molar-refractivity contribution is -0.121. The summed E-state index contributed by atoms with van der Waals surface area (Å²) in [5.74, 6) is 0.374. The van der Waals surface area contributed by atoms with Crippen LogP contribution in [0.25, 0.3) is 0 Å². The highest BCUT2D eigenvalue weighted by Gasteiger charge is 2.13. The number of halogens is 1. The zero-order chi connectivity index (χ0) is 14.4. The first-order chi connectivity index (χ1) is 8.92. The zero-order valence-electron chi connectivity index (χ0n) is 11.3. The van der Waals surface area contributed by atoms with E-state index in [2.05, 4.69) is 32.6 Å². The fourth-order valence-corrected chi connectivity index (χ4v) is 2.00. The van der Waals surface area contributed by atoms with Gasteiger partial charge in [-0.1, -0.05) is 29.8 Å². The Morgan fingerprint density at radius 2 is 2.05 bits per heavy atom. The Labute approximate surface area is 122 Å². The molecular weight excluding hydrogens is 306 g/mol. The van der Waals surface area contributed by atoms with Gasteiger partial charge < -0.3 is 10.6 Å². The molecule has 2 N–H and O–H groups in total. The van der Waals surface area contributed by atoms with Crippen molar-refractivity contribution >= 4 is 27.5 Å². The van der Waals surface area contributed by atoms with Gasteiger partial charge in [0.05, 0.1) is 11.6 Å². The maximum Gasteiger partial charge on any atom is 0.242 e. The van der Waals surface area contributed by atoms with Gasteiger partial charge in [-0.25, -0.2) is 0 Å². The Morgan fingerprint density at radius 3 is 2.63 bits per heavy atom. The second kappa shape index (κ2) is 7.15. The lowest BCUT2D eigenvalue weighted by Gasteiger charge is -2.16. The number of amides is 1. The number of anilines is 1. The number of carbonyl (C=O) groups excluding carboxylic acids is 1. The number of benzene rings is 1. The molecule has 1 amide bonds. The molecule has 1 aromatic carbocycles. The Hall–Kier alpha value is -1.54. The van der Waals surface area contributed by atoms with Crippen LogP contribution in [0.5, 0.6) is 0 Å². The molecule has 0 radical (unpaired) electrons. The molecule has 0 spiro atoms.